The lowest BCUT2D eigenvalue weighted by molar-refractivity contribution is 0.622. The number of benzene rings is 2. The second-order valence-corrected chi connectivity index (χ2v) is 4.37. The molecular weight excluding hydrogens is 225 g/mol. The van der Waals surface area contributed by atoms with Crippen LogP contribution in [0, 0.1) is 12.7 Å². The van der Waals surface area contributed by atoms with E-state index in [9.17, 15) is 4.39 Å². The molecule has 96 valence electrons. The maximum absolute atomic E-state index is 13.3. The van der Waals surface area contributed by atoms with E-state index in [0.29, 0.717) is 0 Å². The molecule has 0 amide bonds. The molecule has 0 spiro atoms. The van der Waals surface area contributed by atoms with Crippen molar-refractivity contribution in [3.05, 3.63) is 71.0 Å². The number of hydrogen-bond donors (Lipinski definition) is 1. The van der Waals surface area contributed by atoms with Crippen LogP contribution in [0.2, 0.25) is 0 Å². The van der Waals surface area contributed by atoms with Gasteiger partial charge in [0.1, 0.15) is 5.82 Å². The number of aryl methyl sites for hydroxylation is 1. The summed E-state index contributed by atoms with van der Waals surface area (Å²) in [4.78, 5) is 0. The molecule has 2 rings (SSSR count). The zero-order valence-electron chi connectivity index (χ0n) is 11.0. The highest BCUT2D eigenvalue weighted by Gasteiger charge is 2.14. The quantitative estimate of drug-likeness (QED) is 0.825. The SMILES string of the molecule is CCC(c1cccc(F)c1)c1ccccc1C.N. The van der Waals surface area contributed by atoms with Crippen LogP contribution in [0.3, 0.4) is 0 Å². The third kappa shape index (κ3) is 2.96. The number of rotatable bonds is 3. The molecule has 3 N–H and O–H groups in total. The molecular formula is C16H20FN. The van der Waals surface area contributed by atoms with E-state index < -0.39 is 0 Å². The normalized spacial score (nSPS) is 11.7. The van der Waals surface area contributed by atoms with Crippen LogP contribution in [-0.4, -0.2) is 0 Å². The molecule has 0 aliphatic carbocycles. The Kier molecular flexibility index (Phi) is 5.05. The first-order valence-corrected chi connectivity index (χ1v) is 6.03. The van der Waals surface area contributed by atoms with Crippen molar-refractivity contribution < 1.29 is 4.39 Å². The van der Waals surface area contributed by atoms with E-state index in [0.717, 1.165) is 12.0 Å². The van der Waals surface area contributed by atoms with Crippen LogP contribution < -0.4 is 6.15 Å². The third-order valence-corrected chi connectivity index (χ3v) is 3.22. The van der Waals surface area contributed by atoms with Crippen molar-refractivity contribution in [3.8, 4) is 0 Å². The average Bonchev–Trinajstić information content (AvgIpc) is 2.33. The maximum Gasteiger partial charge on any atom is 0.123 e. The van der Waals surface area contributed by atoms with E-state index in [2.05, 4.69) is 26.0 Å². The van der Waals surface area contributed by atoms with Crippen LogP contribution in [0.1, 0.15) is 36.0 Å². The standard InChI is InChI=1S/C16H17F.H3N/c1-3-15(13-8-6-9-14(17)11-13)16-10-5-4-7-12(16)2;/h4-11,15H,3H2,1-2H3;1H3. The molecule has 1 nitrogen and oxygen atoms in total. The Balaban J connectivity index is 0.00000162. The summed E-state index contributed by atoms with van der Waals surface area (Å²) in [5.41, 5.74) is 3.62. The van der Waals surface area contributed by atoms with Gasteiger partial charge in [0.15, 0.2) is 0 Å². The van der Waals surface area contributed by atoms with E-state index in [1.165, 1.54) is 17.2 Å². The molecule has 2 heteroatoms. The second kappa shape index (κ2) is 6.31. The summed E-state index contributed by atoms with van der Waals surface area (Å²) >= 11 is 0. The molecule has 0 heterocycles. The highest BCUT2D eigenvalue weighted by molar-refractivity contribution is 5.37. The van der Waals surface area contributed by atoms with Gasteiger partial charge in [-0.1, -0.05) is 43.3 Å². The molecule has 0 aliphatic rings. The summed E-state index contributed by atoms with van der Waals surface area (Å²) in [5, 5.41) is 0. The van der Waals surface area contributed by atoms with Gasteiger partial charge in [-0.05, 0) is 42.2 Å². The van der Waals surface area contributed by atoms with Crippen molar-refractivity contribution in [2.45, 2.75) is 26.2 Å². The van der Waals surface area contributed by atoms with Crippen LogP contribution in [0.25, 0.3) is 0 Å². The van der Waals surface area contributed by atoms with Gasteiger partial charge in [0, 0.05) is 5.92 Å². The van der Waals surface area contributed by atoms with Crippen LogP contribution in [0.4, 0.5) is 4.39 Å². The fraction of sp³-hybridized carbons (Fsp3) is 0.250. The van der Waals surface area contributed by atoms with Crippen LogP contribution in [0.5, 0.6) is 0 Å². The largest absolute Gasteiger partial charge is 0.344 e. The molecule has 1 atom stereocenters. The Morgan fingerprint density at radius 2 is 1.78 bits per heavy atom. The van der Waals surface area contributed by atoms with Crippen LogP contribution in [-0.2, 0) is 0 Å². The first kappa shape index (κ1) is 14.4. The average molecular weight is 245 g/mol. The van der Waals surface area contributed by atoms with Gasteiger partial charge in [-0.2, -0.15) is 0 Å². The Morgan fingerprint density at radius 3 is 2.39 bits per heavy atom. The minimum atomic E-state index is -0.158. The van der Waals surface area contributed by atoms with E-state index >= 15 is 0 Å². The molecule has 18 heavy (non-hydrogen) atoms. The summed E-state index contributed by atoms with van der Waals surface area (Å²) < 4.78 is 13.3. The molecule has 0 fully saturated rings. The van der Waals surface area contributed by atoms with Gasteiger partial charge in [-0.3, -0.25) is 0 Å². The zero-order chi connectivity index (χ0) is 12.3. The van der Waals surface area contributed by atoms with Crippen molar-refractivity contribution in [2.24, 2.45) is 0 Å². The second-order valence-electron chi connectivity index (χ2n) is 4.37. The van der Waals surface area contributed by atoms with Gasteiger partial charge in [0.2, 0.25) is 0 Å². The summed E-state index contributed by atoms with van der Waals surface area (Å²) in [7, 11) is 0. The van der Waals surface area contributed by atoms with Gasteiger partial charge >= 0.3 is 0 Å². The first-order chi connectivity index (χ1) is 8.22. The highest BCUT2D eigenvalue weighted by Crippen LogP contribution is 2.30. The fourth-order valence-corrected chi connectivity index (χ4v) is 2.34. The number of halogens is 1. The Labute approximate surface area is 108 Å². The van der Waals surface area contributed by atoms with Crippen molar-refractivity contribution in [1.29, 1.82) is 0 Å². The summed E-state index contributed by atoms with van der Waals surface area (Å²) in [5.74, 6) is 0.126. The molecule has 0 bridgehead atoms. The molecule has 0 aliphatic heterocycles. The molecule has 0 radical (unpaired) electrons. The van der Waals surface area contributed by atoms with Crippen LogP contribution in [0.15, 0.2) is 48.5 Å². The van der Waals surface area contributed by atoms with Gasteiger partial charge in [0.25, 0.3) is 0 Å². The van der Waals surface area contributed by atoms with Gasteiger partial charge in [-0.25, -0.2) is 4.39 Å². The minimum absolute atomic E-state index is 0. The van der Waals surface area contributed by atoms with Crippen molar-refractivity contribution >= 4 is 0 Å². The van der Waals surface area contributed by atoms with Crippen molar-refractivity contribution in [2.75, 3.05) is 0 Å². The van der Waals surface area contributed by atoms with Gasteiger partial charge in [0.05, 0.1) is 0 Å². The summed E-state index contributed by atoms with van der Waals surface area (Å²) in [6.07, 6.45) is 0.980. The predicted octanol–water partition coefficient (Wildman–Crippen LogP) is 4.84. The zero-order valence-corrected chi connectivity index (χ0v) is 11.0. The van der Waals surface area contributed by atoms with Gasteiger partial charge in [-0.15, -0.1) is 0 Å². The molecule has 0 saturated carbocycles. The lowest BCUT2D eigenvalue weighted by atomic mass is 9.87. The van der Waals surface area contributed by atoms with Crippen molar-refractivity contribution in [1.82, 2.24) is 6.15 Å². The Hall–Kier alpha value is -1.67. The first-order valence-electron chi connectivity index (χ1n) is 6.03. The van der Waals surface area contributed by atoms with E-state index in [-0.39, 0.29) is 17.9 Å². The van der Waals surface area contributed by atoms with E-state index in [1.807, 2.05) is 18.2 Å². The smallest absolute Gasteiger partial charge is 0.123 e. The topological polar surface area (TPSA) is 35.0 Å². The fourth-order valence-electron chi connectivity index (χ4n) is 2.34. The summed E-state index contributed by atoms with van der Waals surface area (Å²) in [6.45, 7) is 4.25. The molecule has 2 aromatic carbocycles. The minimum Gasteiger partial charge on any atom is -0.344 e. The molecule has 0 aromatic heterocycles. The monoisotopic (exact) mass is 245 g/mol. The summed E-state index contributed by atoms with van der Waals surface area (Å²) in [6, 6.07) is 15.2. The van der Waals surface area contributed by atoms with Gasteiger partial charge < -0.3 is 6.15 Å². The lowest BCUT2D eigenvalue weighted by Gasteiger charge is -2.18. The lowest BCUT2D eigenvalue weighted by Crippen LogP contribution is -2.02. The van der Waals surface area contributed by atoms with E-state index in [1.54, 1.807) is 12.1 Å². The predicted molar refractivity (Wildman–Crippen MR) is 74.7 cm³/mol. The molecule has 1 unspecified atom stereocenters. The van der Waals surface area contributed by atoms with Crippen molar-refractivity contribution in [3.63, 3.8) is 0 Å². The van der Waals surface area contributed by atoms with E-state index in [4.69, 9.17) is 0 Å². The molecule has 2 aromatic rings. The Bertz CT molecular complexity index is 508. The Morgan fingerprint density at radius 1 is 1.06 bits per heavy atom. The number of hydrogen-bond acceptors (Lipinski definition) is 1. The third-order valence-electron chi connectivity index (χ3n) is 3.22. The molecule has 0 saturated heterocycles. The van der Waals surface area contributed by atoms with Crippen LogP contribution >= 0.6 is 0 Å². The maximum atomic E-state index is 13.3. The highest BCUT2D eigenvalue weighted by atomic mass is 19.1.